The number of ether oxygens (including phenoxy) is 1. The highest BCUT2D eigenvalue weighted by Gasteiger charge is 2.51. The van der Waals surface area contributed by atoms with E-state index in [1.165, 1.54) is 6.42 Å². The highest BCUT2D eigenvalue weighted by molar-refractivity contribution is 5.41. The van der Waals surface area contributed by atoms with Crippen LogP contribution in [0.1, 0.15) is 56.6 Å². The van der Waals surface area contributed by atoms with Gasteiger partial charge < -0.3 is 4.74 Å². The van der Waals surface area contributed by atoms with E-state index in [0.29, 0.717) is 17.0 Å². The fraction of sp³-hybridized carbons (Fsp3) is 0.684. The number of benzene rings is 1. The van der Waals surface area contributed by atoms with Gasteiger partial charge in [-0.25, -0.2) is 4.39 Å². The van der Waals surface area contributed by atoms with Gasteiger partial charge in [0.05, 0.1) is 5.92 Å². The van der Waals surface area contributed by atoms with Crippen LogP contribution in [-0.2, 0) is 6.42 Å². The number of hydrogen-bond acceptors (Lipinski definition) is 1. The molecule has 23 heavy (non-hydrogen) atoms. The molecule has 1 aliphatic heterocycles. The van der Waals surface area contributed by atoms with Crippen LogP contribution in [0.25, 0.3) is 0 Å². The van der Waals surface area contributed by atoms with Crippen LogP contribution in [0.5, 0.6) is 5.75 Å². The standard InChI is InChI=1S/C19H25F3O/c1-3-4-13-6-9-14(10-7-13)16-11-15-8-5-12(2)17(20)18(15)23-19(16,21)22/h5,8,13-14,16H,3-4,6-7,9-11H2,1-2H3. The van der Waals surface area contributed by atoms with Gasteiger partial charge in [-0.15, -0.1) is 0 Å². The van der Waals surface area contributed by atoms with Crippen molar-refractivity contribution in [3.63, 3.8) is 0 Å². The van der Waals surface area contributed by atoms with E-state index in [1.54, 1.807) is 19.1 Å². The van der Waals surface area contributed by atoms with Gasteiger partial charge in [0.1, 0.15) is 0 Å². The van der Waals surface area contributed by atoms with E-state index >= 15 is 0 Å². The first-order valence-electron chi connectivity index (χ1n) is 8.77. The second-order valence-corrected chi connectivity index (χ2v) is 7.23. The quantitative estimate of drug-likeness (QED) is 0.673. The van der Waals surface area contributed by atoms with E-state index in [4.69, 9.17) is 4.74 Å². The van der Waals surface area contributed by atoms with Crippen LogP contribution in [-0.4, -0.2) is 6.11 Å². The SMILES string of the molecule is CCCC1CCC(C2Cc3ccc(C)c(F)c3OC2(F)F)CC1. The Bertz CT molecular complexity index is 562. The van der Waals surface area contributed by atoms with Gasteiger partial charge in [-0.3, -0.25) is 0 Å². The molecule has 1 aliphatic carbocycles. The summed E-state index contributed by atoms with van der Waals surface area (Å²) < 4.78 is 47.9. The topological polar surface area (TPSA) is 9.23 Å². The molecule has 0 radical (unpaired) electrons. The van der Waals surface area contributed by atoms with E-state index in [1.807, 2.05) is 0 Å². The molecule has 3 rings (SSSR count). The number of aryl methyl sites for hydroxylation is 1. The molecular weight excluding hydrogens is 301 g/mol. The summed E-state index contributed by atoms with van der Waals surface area (Å²) in [5, 5.41) is 0. The van der Waals surface area contributed by atoms with E-state index in [0.717, 1.165) is 32.1 Å². The van der Waals surface area contributed by atoms with Crippen LogP contribution < -0.4 is 4.74 Å². The molecule has 2 aliphatic rings. The smallest absolute Gasteiger partial charge is 0.401 e. The van der Waals surface area contributed by atoms with E-state index < -0.39 is 17.8 Å². The zero-order valence-corrected chi connectivity index (χ0v) is 13.9. The largest absolute Gasteiger partial charge is 0.429 e. The summed E-state index contributed by atoms with van der Waals surface area (Å²) in [6.07, 6.45) is 3.00. The molecule has 4 heteroatoms. The minimum absolute atomic E-state index is 0.0318. The van der Waals surface area contributed by atoms with Crippen molar-refractivity contribution in [1.29, 1.82) is 0 Å². The third-order valence-corrected chi connectivity index (χ3v) is 5.64. The summed E-state index contributed by atoms with van der Waals surface area (Å²) >= 11 is 0. The molecular formula is C19H25F3O. The predicted molar refractivity (Wildman–Crippen MR) is 84.3 cm³/mol. The molecule has 1 nitrogen and oxygen atoms in total. The van der Waals surface area contributed by atoms with Gasteiger partial charge in [0.15, 0.2) is 11.6 Å². The van der Waals surface area contributed by atoms with Crippen LogP contribution >= 0.6 is 0 Å². The van der Waals surface area contributed by atoms with Crippen LogP contribution in [0.2, 0.25) is 0 Å². The van der Waals surface area contributed by atoms with Crippen molar-refractivity contribution in [2.45, 2.75) is 64.9 Å². The number of alkyl halides is 2. The first-order valence-corrected chi connectivity index (χ1v) is 8.77. The molecule has 1 unspecified atom stereocenters. The maximum Gasteiger partial charge on any atom is 0.401 e. The summed E-state index contributed by atoms with van der Waals surface area (Å²) in [5.74, 6) is -1.07. The summed E-state index contributed by atoms with van der Waals surface area (Å²) in [6, 6.07) is 3.38. The Kier molecular flexibility index (Phi) is 4.61. The summed E-state index contributed by atoms with van der Waals surface area (Å²) in [7, 11) is 0. The minimum atomic E-state index is -3.27. The van der Waals surface area contributed by atoms with E-state index in [9.17, 15) is 13.2 Å². The number of hydrogen-bond donors (Lipinski definition) is 0. The fourth-order valence-electron chi connectivity index (χ4n) is 4.26. The van der Waals surface area contributed by atoms with E-state index in [-0.39, 0.29) is 18.1 Å². The summed E-state index contributed by atoms with van der Waals surface area (Å²) in [4.78, 5) is 0. The third-order valence-electron chi connectivity index (χ3n) is 5.64. The molecule has 0 saturated heterocycles. The Labute approximate surface area is 136 Å². The Morgan fingerprint density at radius 1 is 1.17 bits per heavy atom. The average molecular weight is 326 g/mol. The van der Waals surface area contributed by atoms with Crippen molar-refractivity contribution >= 4 is 0 Å². The summed E-state index contributed by atoms with van der Waals surface area (Å²) in [6.45, 7) is 3.74. The number of fused-ring (bicyclic) bond motifs is 1. The molecule has 1 heterocycles. The molecule has 1 aromatic rings. The van der Waals surface area contributed by atoms with Crippen molar-refractivity contribution in [1.82, 2.24) is 0 Å². The van der Waals surface area contributed by atoms with Crippen molar-refractivity contribution in [2.75, 3.05) is 0 Å². The zero-order chi connectivity index (χ0) is 16.6. The van der Waals surface area contributed by atoms with Gasteiger partial charge in [-0.2, -0.15) is 8.78 Å². The van der Waals surface area contributed by atoms with Crippen LogP contribution in [0.3, 0.4) is 0 Å². The molecule has 1 fully saturated rings. The van der Waals surface area contributed by atoms with Gasteiger partial charge in [-0.05, 0) is 49.1 Å². The lowest BCUT2D eigenvalue weighted by Crippen LogP contribution is -2.45. The lowest BCUT2D eigenvalue weighted by atomic mass is 9.72. The van der Waals surface area contributed by atoms with Crippen molar-refractivity contribution in [3.05, 3.63) is 29.1 Å². The monoisotopic (exact) mass is 326 g/mol. The number of rotatable bonds is 3. The van der Waals surface area contributed by atoms with E-state index in [2.05, 4.69) is 6.92 Å². The van der Waals surface area contributed by atoms with Crippen molar-refractivity contribution in [3.8, 4) is 5.75 Å². The maximum absolute atomic E-state index is 14.5. The van der Waals surface area contributed by atoms with Crippen LogP contribution in [0.4, 0.5) is 13.2 Å². The Balaban J connectivity index is 1.77. The predicted octanol–water partition coefficient (Wildman–Crippen LogP) is 5.88. The molecule has 1 saturated carbocycles. The average Bonchev–Trinajstić information content (AvgIpc) is 2.52. The lowest BCUT2D eigenvalue weighted by molar-refractivity contribution is -0.239. The lowest BCUT2D eigenvalue weighted by Gasteiger charge is -2.40. The molecule has 1 atom stereocenters. The third kappa shape index (κ3) is 3.22. The molecule has 0 spiro atoms. The van der Waals surface area contributed by atoms with Gasteiger partial charge >= 0.3 is 6.11 Å². The molecule has 0 amide bonds. The Hall–Kier alpha value is -1.19. The Morgan fingerprint density at radius 3 is 2.52 bits per heavy atom. The van der Waals surface area contributed by atoms with Crippen LogP contribution in [0.15, 0.2) is 12.1 Å². The van der Waals surface area contributed by atoms with Gasteiger partial charge in [0, 0.05) is 0 Å². The first kappa shape index (κ1) is 16.7. The van der Waals surface area contributed by atoms with Crippen LogP contribution in [0, 0.1) is 30.5 Å². The fourth-order valence-corrected chi connectivity index (χ4v) is 4.26. The second-order valence-electron chi connectivity index (χ2n) is 7.23. The maximum atomic E-state index is 14.5. The summed E-state index contributed by atoms with van der Waals surface area (Å²) in [5.41, 5.74) is 0.929. The van der Waals surface area contributed by atoms with Gasteiger partial charge in [0.2, 0.25) is 0 Å². The normalized spacial score (nSPS) is 29.7. The molecule has 0 aromatic heterocycles. The molecule has 0 N–H and O–H groups in total. The molecule has 0 bridgehead atoms. The first-order chi connectivity index (χ1) is 10.9. The Morgan fingerprint density at radius 2 is 1.87 bits per heavy atom. The molecule has 1 aromatic carbocycles. The van der Waals surface area contributed by atoms with Gasteiger partial charge in [-0.1, -0.05) is 44.7 Å². The van der Waals surface area contributed by atoms with Gasteiger partial charge in [0.25, 0.3) is 0 Å². The van der Waals surface area contributed by atoms with Crippen molar-refractivity contribution < 1.29 is 17.9 Å². The zero-order valence-electron chi connectivity index (χ0n) is 13.9. The highest BCUT2D eigenvalue weighted by Crippen LogP contribution is 2.48. The molecule has 128 valence electrons. The number of halogens is 3. The minimum Gasteiger partial charge on any atom is -0.429 e. The van der Waals surface area contributed by atoms with Crippen molar-refractivity contribution in [2.24, 2.45) is 17.8 Å². The highest BCUT2D eigenvalue weighted by atomic mass is 19.3. The second kappa shape index (κ2) is 6.37.